The number of hydrogen-bond acceptors (Lipinski definition) is 3. The Morgan fingerprint density at radius 2 is 1.50 bits per heavy atom. The van der Waals surface area contributed by atoms with Gasteiger partial charge in [0.1, 0.15) is 17.3 Å². The van der Waals surface area contributed by atoms with Crippen LogP contribution in [0.5, 0.6) is 0 Å². The van der Waals surface area contributed by atoms with Crippen LogP contribution in [-0.4, -0.2) is 23.3 Å². The van der Waals surface area contributed by atoms with Crippen LogP contribution in [-0.2, 0) is 6.42 Å². The van der Waals surface area contributed by atoms with Gasteiger partial charge in [0.2, 0.25) is 0 Å². The summed E-state index contributed by atoms with van der Waals surface area (Å²) in [6.45, 7) is 0.346. The third-order valence-electron chi connectivity index (χ3n) is 4.47. The van der Waals surface area contributed by atoms with Crippen molar-refractivity contribution in [1.82, 2.24) is 4.90 Å². The summed E-state index contributed by atoms with van der Waals surface area (Å²) in [5.41, 5.74) is 1.74. The second-order valence-electron chi connectivity index (χ2n) is 6.18. The number of hydrogen-bond donors (Lipinski definition) is 0. The van der Waals surface area contributed by atoms with Crippen LogP contribution in [0, 0.1) is 5.82 Å². The lowest BCUT2D eigenvalue weighted by Crippen LogP contribution is -2.30. The fourth-order valence-corrected chi connectivity index (χ4v) is 3.14. The molecule has 0 saturated heterocycles. The summed E-state index contributed by atoms with van der Waals surface area (Å²) in [5.74, 6) is 0.664. The van der Waals surface area contributed by atoms with Gasteiger partial charge in [-0.05, 0) is 55.0 Å². The van der Waals surface area contributed by atoms with Crippen LogP contribution in [0.2, 0.25) is 0 Å². The third kappa shape index (κ3) is 2.92. The van der Waals surface area contributed by atoms with E-state index in [1.165, 1.54) is 17.0 Å². The number of carbonyl (C=O) groups is 2. The summed E-state index contributed by atoms with van der Waals surface area (Å²) in [6.07, 6.45) is 1.22. The fourth-order valence-electron chi connectivity index (χ4n) is 3.14. The van der Waals surface area contributed by atoms with Crippen LogP contribution in [0.1, 0.15) is 32.9 Å². The molecule has 130 valence electrons. The molecule has 0 bridgehead atoms. The number of fused-ring (bicyclic) bond motifs is 1. The van der Waals surface area contributed by atoms with Gasteiger partial charge >= 0.3 is 0 Å². The van der Waals surface area contributed by atoms with E-state index in [0.717, 1.165) is 11.3 Å². The number of nitrogens with zero attached hydrogens (tertiary/aromatic N) is 1. The molecule has 1 aliphatic heterocycles. The monoisotopic (exact) mass is 349 g/mol. The summed E-state index contributed by atoms with van der Waals surface area (Å²) in [7, 11) is 0. The summed E-state index contributed by atoms with van der Waals surface area (Å²) < 4.78 is 18.8. The average molecular weight is 349 g/mol. The number of rotatable bonds is 5. The maximum atomic E-state index is 13.0. The molecule has 1 aliphatic rings. The second-order valence-corrected chi connectivity index (χ2v) is 6.18. The number of benzene rings is 2. The van der Waals surface area contributed by atoms with E-state index >= 15 is 0 Å². The van der Waals surface area contributed by atoms with E-state index in [-0.39, 0.29) is 17.6 Å². The Kier molecular flexibility index (Phi) is 4.13. The molecule has 0 saturated carbocycles. The molecule has 4 nitrogen and oxygen atoms in total. The van der Waals surface area contributed by atoms with Crippen molar-refractivity contribution in [3.8, 4) is 11.3 Å². The standard InChI is InChI=1S/C21H16FNO3/c22-15-9-7-14(8-10-15)19-12-11-16(26-19)4-3-13-23-20(24)17-5-1-2-6-18(17)21(23)25/h1-2,5-12H,3-4,13H2. The van der Waals surface area contributed by atoms with Crippen molar-refractivity contribution in [3.63, 3.8) is 0 Å². The zero-order valence-corrected chi connectivity index (χ0v) is 13.9. The van der Waals surface area contributed by atoms with E-state index in [1.54, 1.807) is 36.4 Å². The lowest BCUT2D eigenvalue weighted by atomic mass is 10.1. The molecule has 2 amide bonds. The molecular formula is C21H16FNO3. The number of carbonyl (C=O) groups excluding carboxylic acids is 2. The van der Waals surface area contributed by atoms with E-state index in [0.29, 0.717) is 36.3 Å². The first-order chi connectivity index (χ1) is 12.6. The van der Waals surface area contributed by atoms with Gasteiger partial charge in [-0.25, -0.2) is 4.39 Å². The van der Waals surface area contributed by atoms with Gasteiger partial charge in [0, 0.05) is 18.5 Å². The number of furan rings is 1. The van der Waals surface area contributed by atoms with Crippen molar-refractivity contribution in [2.75, 3.05) is 6.54 Å². The highest BCUT2D eigenvalue weighted by molar-refractivity contribution is 6.21. The largest absolute Gasteiger partial charge is 0.461 e. The van der Waals surface area contributed by atoms with Crippen LogP contribution in [0.3, 0.4) is 0 Å². The van der Waals surface area contributed by atoms with Crippen molar-refractivity contribution < 1.29 is 18.4 Å². The SMILES string of the molecule is O=C1c2ccccc2C(=O)N1CCCc1ccc(-c2ccc(F)cc2)o1. The van der Waals surface area contributed by atoms with Crippen molar-refractivity contribution in [2.45, 2.75) is 12.8 Å². The number of amides is 2. The molecule has 4 rings (SSSR count). The highest BCUT2D eigenvalue weighted by atomic mass is 19.1. The number of imide groups is 1. The molecular weight excluding hydrogens is 333 g/mol. The topological polar surface area (TPSA) is 50.5 Å². The first kappa shape index (κ1) is 16.3. The van der Waals surface area contributed by atoms with Gasteiger partial charge in [-0.15, -0.1) is 0 Å². The minimum absolute atomic E-state index is 0.239. The van der Waals surface area contributed by atoms with Gasteiger partial charge in [-0.3, -0.25) is 14.5 Å². The number of halogens is 1. The van der Waals surface area contributed by atoms with Gasteiger partial charge in [0.05, 0.1) is 11.1 Å². The fraction of sp³-hybridized carbons (Fsp3) is 0.143. The van der Waals surface area contributed by atoms with Gasteiger partial charge in [0.15, 0.2) is 0 Å². The van der Waals surface area contributed by atoms with E-state index in [9.17, 15) is 14.0 Å². The molecule has 0 unspecified atom stereocenters. The Morgan fingerprint density at radius 1 is 0.846 bits per heavy atom. The predicted molar refractivity (Wildman–Crippen MR) is 94.2 cm³/mol. The highest BCUT2D eigenvalue weighted by Crippen LogP contribution is 2.25. The zero-order valence-electron chi connectivity index (χ0n) is 13.9. The van der Waals surface area contributed by atoms with Gasteiger partial charge < -0.3 is 4.42 Å². The van der Waals surface area contributed by atoms with Crippen molar-refractivity contribution in [3.05, 3.63) is 83.4 Å². The quantitative estimate of drug-likeness (QED) is 0.645. The second kappa shape index (κ2) is 6.59. The van der Waals surface area contributed by atoms with E-state index < -0.39 is 0 Å². The van der Waals surface area contributed by atoms with E-state index in [2.05, 4.69) is 0 Å². The van der Waals surface area contributed by atoms with Gasteiger partial charge in [0.25, 0.3) is 11.8 Å². The van der Waals surface area contributed by atoms with Gasteiger partial charge in [-0.1, -0.05) is 12.1 Å². The Hall–Kier alpha value is -3.21. The summed E-state index contributed by atoms with van der Waals surface area (Å²) in [6, 6.07) is 16.7. The maximum absolute atomic E-state index is 13.0. The Bertz CT molecular complexity index is 940. The number of aryl methyl sites for hydroxylation is 1. The molecule has 0 aliphatic carbocycles. The molecule has 0 spiro atoms. The smallest absolute Gasteiger partial charge is 0.261 e. The Labute approximate surface area is 149 Å². The molecule has 2 aromatic carbocycles. The highest BCUT2D eigenvalue weighted by Gasteiger charge is 2.34. The third-order valence-corrected chi connectivity index (χ3v) is 4.47. The normalized spacial score (nSPS) is 13.3. The minimum atomic E-state index is -0.290. The molecule has 0 radical (unpaired) electrons. The average Bonchev–Trinajstić information content (AvgIpc) is 3.22. The van der Waals surface area contributed by atoms with Crippen molar-refractivity contribution >= 4 is 11.8 Å². The van der Waals surface area contributed by atoms with E-state index in [4.69, 9.17) is 4.42 Å². The first-order valence-corrected chi connectivity index (χ1v) is 8.43. The molecule has 0 atom stereocenters. The van der Waals surface area contributed by atoms with Crippen LogP contribution in [0.4, 0.5) is 4.39 Å². The van der Waals surface area contributed by atoms with Crippen molar-refractivity contribution in [2.24, 2.45) is 0 Å². The lowest BCUT2D eigenvalue weighted by Gasteiger charge is -2.12. The Balaban J connectivity index is 1.38. The van der Waals surface area contributed by atoms with E-state index in [1.807, 2.05) is 12.1 Å². The lowest BCUT2D eigenvalue weighted by molar-refractivity contribution is 0.0652. The van der Waals surface area contributed by atoms with Crippen LogP contribution < -0.4 is 0 Å². The molecule has 5 heteroatoms. The molecule has 0 N–H and O–H groups in total. The molecule has 0 fully saturated rings. The maximum Gasteiger partial charge on any atom is 0.261 e. The molecule has 2 heterocycles. The predicted octanol–water partition coefficient (Wildman–Crippen LogP) is 4.31. The summed E-state index contributed by atoms with van der Waals surface area (Å²) in [5, 5.41) is 0. The summed E-state index contributed by atoms with van der Waals surface area (Å²) in [4.78, 5) is 25.9. The first-order valence-electron chi connectivity index (χ1n) is 8.43. The molecule has 3 aromatic rings. The Morgan fingerprint density at radius 3 is 2.15 bits per heavy atom. The van der Waals surface area contributed by atoms with Crippen LogP contribution in [0.25, 0.3) is 11.3 Å². The molecule has 26 heavy (non-hydrogen) atoms. The molecule has 1 aromatic heterocycles. The van der Waals surface area contributed by atoms with Crippen LogP contribution in [0.15, 0.2) is 65.1 Å². The summed E-state index contributed by atoms with van der Waals surface area (Å²) >= 11 is 0. The van der Waals surface area contributed by atoms with Crippen LogP contribution >= 0.6 is 0 Å². The minimum Gasteiger partial charge on any atom is -0.461 e. The van der Waals surface area contributed by atoms with Crippen molar-refractivity contribution in [1.29, 1.82) is 0 Å². The van der Waals surface area contributed by atoms with Gasteiger partial charge in [-0.2, -0.15) is 0 Å². The zero-order chi connectivity index (χ0) is 18.1.